The maximum atomic E-state index is 13.8. The molecule has 0 aliphatic carbocycles. The molecule has 6 nitrogen and oxygen atoms in total. The fourth-order valence-electron chi connectivity index (χ4n) is 4.95. The van der Waals surface area contributed by atoms with E-state index in [0.717, 1.165) is 22.2 Å². The van der Waals surface area contributed by atoms with Gasteiger partial charge in [-0.3, -0.25) is 9.59 Å². The molecule has 0 bridgehead atoms. The number of hydrogen-bond donors (Lipinski definition) is 1. The molecule has 3 aromatic carbocycles. The van der Waals surface area contributed by atoms with E-state index in [-0.39, 0.29) is 11.8 Å². The number of rotatable bonds is 2. The van der Waals surface area contributed by atoms with Crippen LogP contribution in [-0.2, 0) is 5.66 Å². The van der Waals surface area contributed by atoms with E-state index in [1.54, 1.807) is 40.4 Å². The maximum absolute atomic E-state index is 13.8. The van der Waals surface area contributed by atoms with Crippen LogP contribution in [0.1, 0.15) is 31.8 Å². The minimum atomic E-state index is -1.00. The molecule has 2 aliphatic rings. The first-order chi connectivity index (χ1) is 15.1. The third kappa shape index (κ3) is 2.36. The first-order valence-corrected chi connectivity index (χ1v) is 10.4. The van der Waals surface area contributed by atoms with Crippen molar-refractivity contribution in [1.82, 2.24) is 19.8 Å². The molecule has 2 amide bonds. The van der Waals surface area contributed by atoms with E-state index in [1.165, 1.54) is 0 Å². The lowest BCUT2D eigenvalue weighted by atomic mass is 9.89. The van der Waals surface area contributed by atoms with Crippen molar-refractivity contribution >= 4 is 34.4 Å². The summed E-state index contributed by atoms with van der Waals surface area (Å²) in [5, 5.41) is 0.601. The highest BCUT2D eigenvalue weighted by molar-refractivity contribution is 6.30. The van der Waals surface area contributed by atoms with Crippen LogP contribution in [0.3, 0.4) is 0 Å². The molecule has 7 heteroatoms. The highest BCUT2D eigenvalue weighted by atomic mass is 35.5. The molecule has 1 N–H and O–H groups in total. The van der Waals surface area contributed by atoms with Gasteiger partial charge in [-0.25, -0.2) is 4.98 Å². The number of imidazole rings is 1. The SMILES string of the molecule is O=C(c1ccc2[nH]cnc2c1)N1CCN2C(=O)c3ccccc3C12c1ccc(Cl)cc1. The Morgan fingerprint density at radius 1 is 1.03 bits per heavy atom. The Morgan fingerprint density at radius 2 is 1.84 bits per heavy atom. The van der Waals surface area contributed by atoms with Crippen molar-refractivity contribution in [3.05, 3.63) is 100 Å². The number of amides is 2. The van der Waals surface area contributed by atoms with Gasteiger partial charge in [-0.15, -0.1) is 0 Å². The number of H-pyrrole nitrogens is 1. The van der Waals surface area contributed by atoms with Crippen molar-refractivity contribution < 1.29 is 9.59 Å². The number of halogens is 1. The van der Waals surface area contributed by atoms with E-state index in [2.05, 4.69) is 9.97 Å². The zero-order valence-electron chi connectivity index (χ0n) is 16.4. The fraction of sp³-hybridized carbons (Fsp3) is 0.125. The highest BCUT2D eigenvalue weighted by Gasteiger charge is 2.59. The van der Waals surface area contributed by atoms with Crippen LogP contribution in [0.15, 0.2) is 73.1 Å². The normalized spacial score (nSPS) is 19.7. The number of nitrogens with zero attached hydrogens (tertiary/aromatic N) is 3. The third-order valence-corrected chi connectivity index (χ3v) is 6.52. The van der Waals surface area contributed by atoms with Gasteiger partial charge in [0.05, 0.1) is 17.4 Å². The smallest absolute Gasteiger partial charge is 0.256 e. The number of nitrogens with one attached hydrogen (secondary N) is 1. The molecule has 1 unspecified atom stereocenters. The average Bonchev–Trinajstić information content (AvgIpc) is 3.48. The molecule has 3 heterocycles. The lowest BCUT2D eigenvalue weighted by Gasteiger charge is -2.40. The van der Waals surface area contributed by atoms with Crippen LogP contribution in [0.4, 0.5) is 0 Å². The Balaban J connectivity index is 1.57. The Kier molecular flexibility index (Phi) is 3.76. The fourth-order valence-corrected chi connectivity index (χ4v) is 5.07. The second kappa shape index (κ2) is 6.43. The van der Waals surface area contributed by atoms with E-state index >= 15 is 0 Å². The number of carbonyl (C=O) groups excluding carboxylic acids is 2. The average molecular weight is 429 g/mol. The molecule has 2 aliphatic heterocycles. The van der Waals surface area contributed by atoms with Gasteiger partial charge >= 0.3 is 0 Å². The molecule has 0 saturated carbocycles. The van der Waals surface area contributed by atoms with Crippen LogP contribution in [0.25, 0.3) is 11.0 Å². The van der Waals surface area contributed by atoms with Gasteiger partial charge in [0.2, 0.25) is 0 Å². The van der Waals surface area contributed by atoms with Crippen molar-refractivity contribution in [1.29, 1.82) is 0 Å². The third-order valence-electron chi connectivity index (χ3n) is 6.27. The molecule has 0 spiro atoms. The number of benzene rings is 3. The summed E-state index contributed by atoms with van der Waals surface area (Å²) in [5.41, 5.74) is 3.40. The Hall–Kier alpha value is -3.64. The first kappa shape index (κ1) is 18.2. The molecule has 4 aromatic rings. The molecule has 1 fully saturated rings. The van der Waals surface area contributed by atoms with Gasteiger partial charge in [-0.2, -0.15) is 0 Å². The number of aromatic nitrogens is 2. The largest absolute Gasteiger partial charge is 0.345 e. The van der Waals surface area contributed by atoms with Gasteiger partial charge in [0, 0.05) is 40.4 Å². The summed E-state index contributed by atoms with van der Waals surface area (Å²) < 4.78 is 0. The van der Waals surface area contributed by atoms with Gasteiger partial charge < -0.3 is 14.8 Å². The van der Waals surface area contributed by atoms with Crippen LogP contribution < -0.4 is 0 Å². The highest BCUT2D eigenvalue weighted by Crippen LogP contribution is 2.50. The Bertz CT molecular complexity index is 1360. The second-order valence-corrected chi connectivity index (χ2v) is 8.21. The Morgan fingerprint density at radius 3 is 2.68 bits per heavy atom. The van der Waals surface area contributed by atoms with Crippen molar-refractivity contribution in [2.75, 3.05) is 13.1 Å². The molecule has 1 saturated heterocycles. The van der Waals surface area contributed by atoms with Gasteiger partial charge in [0.1, 0.15) is 0 Å². The molecule has 0 radical (unpaired) electrons. The number of carbonyl (C=O) groups is 2. The van der Waals surface area contributed by atoms with Crippen LogP contribution in [0.2, 0.25) is 5.02 Å². The van der Waals surface area contributed by atoms with Crippen molar-refractivity contribution in [3.8, 4) is 0 Å². The van der Waals surface area contributed by atoms with Crippen molar-refractivity contribution in [2.24, 2.45) is 0 Å². The second-order valence-electron chi connectivity index (χ2n) is 7.77. The van der Waals surface area contributed by atoms with Gasteiger partial charge in [0.15, 0.2) is 5.66 Å². The van der Waals surface area contributed by atoms with Crippen molar-refractivity contribution in [2.45, 2.75) is 5.66 Å². The van der Waals surface area contributed by atoms with E-state index in [1.807, 2.05) is 42.5 Å². The molecule has 1 atom stereocenters. The lowest BCUT2D eigenvalue weighted by Crippen LogP contribution is -2.51. The molecule has 31 heavy (non-hydrogen) atoms. The molecule has 1 aromatic heterocycles. The number of fused-ring (bicyclic) bond motifs is 4. The molecular weight excluding hydrogens is 412 g/mol. The lowest BCUT2D eigenvalue weighted by molar-refractivity contribution is 0.0375. The summed E-state index contributed by atoms with van der Waals surface area (Å²) in [4.78, 5) is 38.1. The van der Waals surface area contributed by atoms with E-state index in [4.69, 9.17) is 11.6 Å². The minimum Gasteiger partial charge on any atom is -0.345 e. The summed E-state index contributed by atoms with van der Waals surface area (Å²) >= 11 is 6.16. The monoisotopic (exact) mass is 428 g/mol. The van der Waals surface area contributed by atoms with Gasteiger partial charge in [-0.1, -0.05) is 41.9 Å². The Labute approximate surface area is 183 Å². The van der Waals surface area contributed by atoms with E-state index < -0.39 is 5.66 Å². The first-order valence-electron chi connectivity index (χ1n) is 10.0. The molecule has 6 rings (SSSR count). The summed E-state index contributed by atoms with van der Waals surface area (Å²) in [5.74, 6) is -0.213. The van der Waals surface area contributed by atoms with E-state index in [9.17, 15) is 9.59 Å². The van der Waals surface area contributed by atoms with Crippen LogP contribution in [-0.4, -0.2) is 44.7 Å². The number of hydrogen-bond acceptors (Lipinski definition) is 3. The topological polar surface area (TPSA) is 69.3 Å². The maximum Gasteiger partial charge on any atom is 0.256 e. The van der Waals surface area contributed by atoms with Crippen molar-refractivity contribution in [3.63, 3.8) is 0 Å². The predicted molar refractivity (Wildman–Crippen MR) is 117 cm³/mol. The van der Waals surface area contributed by atoms with Crippen LogP contribution in [0, 0.1) is 0 Å². The van der Waals surface area contributed by atoms with Crippen LogP contribution in [0.5, 0.6) is 0 Å². The summed E-state index contributed by atoms with van der Waals surface area (Å²) in [6, 6.07) is 20.3. The zero-order valence-corrected chi connectivity index (χ0v) is 17.1. The molecular formula is C24H17ClN4O2. The summed E-state index contributed by atoms with van der Waals surface area (Å²) in [6.45, 7) is 0.882. The minimum absolute atomic E-state index is 0.0661. The predicted octanol–water partition coefficient (Wildman–Crippen LogP) is 4.03. The summed E-state index contributed by atoms with van der Waals surface area (Å²) in [7, 11) is 0. The standard InChI is InChI=1S/C24H17ClN4O2/c25-17-8-6-16(7-9-17)24-19-4-2-1-3-18(19)23(31)29(24)12-11-28(24)22(30)15-5-10-20-21(13-15)27-14-26-20/h1-10,13-14H,11-12H2,(H,26,27). The van der Waals surface area contributed by atoms with E-state index in [0.29, 0.717) is 29.2 Å². The summed E-state index contributed by atoms with van der Waals surface area (Å²) in [6.07, 6.45) is 1.61. The van der Waals surface area contributed by atoms with Crippen LogP contribution >= 0.6 is 11.6 Å². The molecule has 152 valence electrons. The number of aromatic amines is 1. The zero-order chi connectivity index (χ0) is 21.2. The van der Waals surface area contributed by atoms with Gasteiger partial charge in [-0.05, 0) is 36.4 Å². The van der Waals surface area contributed by atoms with Gasteiger partial charge in [0.25, 0.3) is 11.8 Å². The quantitative estimate of drug-likeness (QED) is 0.524.